The summed E-state index contributed by atoms with van der Waals surface area (Å²) < 4.78 is 1.82. The minimum Gasteiger partial charge on any atom is -0.321 e. The maximum Gasteiger partial charge on any atom is 0.248 e. The highest BCUT2D eigenvalue weighted by Gasteiger charge is 2.07. The van der Waals surface area contributed by atoms with Gasteiger partial charge >= 0.3 is 0 Å². The van der Waals surface area contributed by atoms with Gasteiger partial charge in [-0.25, -0.2) is 4.98 Å². The van der Waals surface area contributed by atoms with Gasteiger partial charge in [-0.2, -0.15) is 0 Å². The van der Waals surface area contributed by atoms with Crippen LogP contribution in [0, 0.1) is 0 Å². The van der Waals surface area contributed by atoms with Gasteiger partial charge in [0.15, 0.2) is 5.15 Å². The largest absolute Gasteiger partial charge is 0.321 e. The average molecular weight is 299 g/mol. The van der Waals surface area contributed by atoms with Crippen molar-refractivity contribution >= 4 is 34.9 Å². The molecule has 1 N–H and O–H groups in total. The lowest BCUT2D eigenvalue weighted by molar-refractivity contribution is -0.111. The summed E-state index contributed by atoms with van der Waals surface area (Å²) in [7, 11) is 0. The lowest BCUT2D eigenvalue weighted by Gasteiger charge is -2.00. The number of pyridine rings is 2. The number of anilines is 1. The van der Waals surface area contributed by atoms with E-state index < -0.39 is 0 Å². The number of hydrogen-bond acceptors (Lipinski definition) is 3. The number of carbonyl (C=O) groups is 1. The van der Waals surface area contributed by atoms with Crippen LogP contribution >= 0.6 is 11.6 Å². The molecule has 5 nitrogen and oxygen atoms in total. The van der Waals surface area contributed by atoms with Gasteiger partial charge in [-0.15, -0.1) is 0 Å². The Kier molecular flexibility index (Phi) is 3.66. The van der Waals surface area contributed by atoms with Crippen LogP contribution in [0.3, 0.4) is 0 Å². The normalized spacial score (nSPS) is 11.1. The van der Waals surface area contributed by atoms with Crippen LogP contribution in [0.2, 0.25) is 5.15 Å². The van der Waals surface area contributed by atoms with Crippen LogP contribution in [-0.2, 0) is 4.79 Å². The van der Waals surface area contributed by atoms with Crippen molar-refractivity contribution in [2.75, 3.05) is 5.32 Å². The molecule has 3 heterocycles. The molecule has 3 aromatic rings. The minimum absolute atomic E-state index is 0.259. The van der Waals surface area contributed by atoms with Gasteiger partial charge in [0, 0.05) is 18.5 Å². The van der Waals surface area contributed by atoms with Gasteiger partial charge < -0.3 is 5.32 Å². The molecule has 104 valence electrons. The number of imidazole rings is 1. The number of nitrogens with one attached hydrogen (secondary N) is 1. The van der Waals surface area contributed by atoms with E-state index in [4.69, 9.17) is 11.6 Å². The van der Waals surface area contributed by atoms with E-state index in [9.17, 15) is 4.79 Å². The summed E-state index contributed by atoms with van der Waals surface area (Å²) in [5.74, 6) is -0.259. The first-order valence-electron chi connectivity index (χ1n) is 6.26. The highest BCUT2D eigenvalue weighted by atomic mass is 35.5. The molecule has 21 heavy (non-hydrogen) atoms. The first-order chi connectivity index (χ1) is 10.2. The Morgan fingerprint density at radius 1 is 1.29 bits per heavy atom. The molecule has 6 heteroatoms. The molecule has 0 saturated heterocycles. The van der Waals surface area contributed by atoms with E-state index in [1.54, 1.807) is 30.6 Å². The first-order valence-corrected chi connectivity index (χ1v) is 6.63. The molecule has 0 atom stereocenters. The second-order valence-electron chi connectivity index (χ2n) is 4.28. The van der Waals surface area contributed by atoms with E-state index in [0.717, 1.165) is 5.65 Å². The van der Waals surface area contributed by atoms with Crippen LogP contribution in [0.15, 0.2) is 55.0 Å². The summed E-state index contributed by atoms with van der Waals surface area (Å²) >= 11 is 6.09. The SMILES string of the molecule is O=C(/C=C/c1c(Cl)nc2ccccn12)Nc1cccnc1. The zero-order valence-corrected chi connectivity index (χ0v) is 11.7. The summed E-state index contributed by atoms with van der Waals surface area (Å²) in [4.78, 5) is 20.0. The molecular weight excluding hydrogens is 288 g/mol. The van der Waals surface area contributed by atoms with Gasteiger partial charge in [0.2, 0.25) is 5.91 Å². The molecule has 3 rings (SSSR count). The van der Waals surface area contributed by atoms with Gasteiger partial charge in [-0.05, 0) is 30.3 Å². The van der Waals surface area contributed by atoms with Crippen molar-refractivity contribution in [1.29, 1.82) is 0 Å². The second-order valence-corrected chi connectivity index (χ2v) is 4.64. The van der Waals surface area contributed by atoms with E-state index in [1.165, 1.54) is 6.08 Å². The van der Waals surface area contributed by atoms with Crippen molar-refractivity contribution in [1.82, 2.24) is 14.4 Å². The van der Waals surface area contributed by atoms with Gasteiger partial charge in [-0.3, -0.25) is 14.2 Å². The molecule has 0 aliphatic heterocycles. The minimum atomic E-state index is -0.259. The molecule has 0 fully saturated rings. The van der Waals surface area contributed by atoms with Gasteiger partial charge in [0.25, 0.3) is 0 Å². The summed E-state index contributed by atoms with van der Waals surface area (Å²) in [5.41, 5.74) is 2.03. The molecule has 0 radical (unpaired) electrons. The Morgan fingerprint density at radius 2 is 2.19 bits per heavy atom. The monoisotopic (exact) mass is 298 g/mol. The highest BCUT2D eigenvalue weighted by molar-refractivity contribution is 6.31. The molecule has 1 amide bonds. The predicted molar refractivity (Wildman–Crippen MR) is 82.1 cm³/mol. The summed E-state index contributed by atoms with van der Waals surface area (Å²) in [6.45, 7) is 0. The van der Waals surface area contributed by atoms with E-state index in [0.29, 0.717) is 16.5 Å². The Labute approximate surface area is 125 Å². The molecule has 0 aromatic carbocycles. The molecule has 0 bridgehead atoms. The summed E-state index contributed by atoms with van der Waals surface area (Å²) in [6, 6.07) is 9.11. The zero-order valence-electron chi connectivity index (χ0n) is 10.9. The number of halogens is 1. The Morgan fingerprint density at radius 3 is 3.00 bits per heavy atom. The fourth-order valence-corrected chi connectivity index (χ4v) is 2.15. The van der Waals surface area contributed by atoms with Gasteiger partial charge in [0.1, 0.15) is 5.65 Å². The van der Waals surface area contributed by atoms with E-state index in [1.807, 2.05) is 28.8 Å². The Balaban J connectivity index is 1.81. The van der Waals surface area contributed by atoms with Crippen LogP contribution in [0.1, 0.15) is 5.69 Å². The van der Waals surface area contributed by atoms with Crippen molar-refractivity contribution < 1.29 is 4.79 Å². The van der Waals surface area contributed by atoms with E-state index in [2.05, 4.69) is 15.3 Å². The maximum atomic E-state index is 11.9. The van der Waals surface area contributed by atoms with Crippen LogP contribution in [0.25, 0.3) is 11.7 Å². The quantitative estimate of drug-likeness (QED) is 0.756. The molecule has 0 unspecified atom stereocenters. The van der Waals surface area contributed by atoms with Gasteiger partial charge in [-0.1, -0.05) is 17.7 Å². The number of fused-ring (bicyclic) bond motifs is 1. The molecule has 0 aliphatic carbocycles. The number of nitrogens with zero attached hydrogens (tertiary/aromatic N) is 3. The topological polar surface area (TPSA) is 59.3 Å². The molecular formula is C15H11ClN4O. The number of carbonyl (C=O) groups excluding carboxylic acids is 1. The van der Waals surface area contributed by atoms with Crippen molar-refractivity contribution in [2.24, 2.45) is 0 Å². The Bertz CT molecular complexity index is 811. The number of rotatable bonds is 3. The second kappa shape index (κ2) is 5.76. The zero-order chi connectivity index (χ0) is 14.7. The lowest BCUT2D eigenvalue weighted by atomic mass is 10.3. The molecule has 3 aromatic heterocycles. The number of amides is 1. The van der Waals surface area contributed by atoms with Crippen molar-refractivity contribution in [3.63, 3.8) is 0 Å². The fraction of sp³-hybridized carbons (Fsp3) is 0. The van der Waals surface area contributed by atoms with Crippen molar-refractivity contribution in [3.05, 3.63) is 65.8 Å². The molecule has 0 saturated carbocycles. The molecule has 0 aliphatic rings. The third-order valence-corrected chi connectivity index (χ3v) is 3.12. The van der Waals surface area contributed by atoms with Crippen LogP contribution in [0.5, 0.6) is 0 Å². The van der Waals surface area contributed by atoms with E-state index >= 15 is 0 Å². The molecule has 0 spiro atoms. The van der Waals surface area contributed by atoms with Crippen molar-refractivity contribution in [3.8, 4) is 0 Å². The third-order valence-electron chi connectivity index (χ3n) is 2.84. The van der Waals surface area contributed by atoms with Gasteiger partial charge in [0.05, 0.1) is 17.6 Å². The smallest absolute Gasteiger partial charge is 0.248 e. The number of hydrogen-bond donors (Lipinski definition) is 1. The Hall–Kier alpha value is -2.66. The predicted octanol–water partition coefficient (Wildman–Crippen LogP) is 3.03. The fourth-order valence-electron chi connectivity index (χ4n) is 1.91. The van der Waals surface area contributed by atoms with Crippen molar-refractivity contribution in [2.45, 2.75) is 0 Å². The van der Waals surface area contributed by atoms with E-state index in [-0.39, 0.29) is 5.91 Å². The third kappa shape index (κ3) is 2.93. The number of aromatic nitrogens is 3. The average Bonchev–Trinajstić information content (AvgIpc) is 2.81. The van der Waals surface area contributed by atoms with Crippen LogP contribution < -0.4 is 5.32 Å². The van der Waals surface area contributed by atoms with Crippen LogP contribution in [-0.4, -0.2) is 20.3 Å². The first kappa shape index (κ1) is 13.3. The summed E-state index contributed by atoms with van der Waals surface area (Å²) in [5, 5.41) is 3.06. The highest BCUT2D eigenvalue weighted by Crippen LogP contribution is 2.18. The lowest BCUT2D eigenvalue weighted by Crippen LogP contribution is -2.07. The summed E-state index contributed by atoms with van der Waals surface area (Å²) in [6.07, 6.45) is 8.10. The standard InChI is InChI=1S/C15H11ClN4O/c16-15-12(20-9-2-1-5-13(20)19-15)6-7-14(21)18-11-4-3-8-17-10-11/h1-10H,(H,18,21)/b7-6+. The van der Waals surface area contributed by atoms with Crippen LogP contribution in [0.4, 0.5) is 5.69 Å². The maximum absolute atomic E-state index is 11.9.